The van der Waals surface area contributed by atoms with E-state index >= 15 is 0 Å². The number of thiazole rings is 1. The minimum atomic E-state index is 0.596. The van der Waals surface area contributed by atoms with Crippen molar-refractivity contribution < 1.29 is 0 Å². The lowest BCUT2D eigenvalue weighted by atomic mass is 10.2. The molecule has 2 nitrogen and oxygen atoms in total. The van der Waals surface area contributed by atoms with Crippen molar-refractivity contribution >= 4 is 23.1 Å². The number of hydrogen-bond donors (Lipinski definition) is 1. The topological polar surface area (TPSA) is 24.9 Å². The summed E-state index contributed by atoms with van der Waals surface area (Å²) >= 11 is 3.83. The number of nitrogens with one attached hydrogen (secondary N) is 1. The predicted octanol–water partition coefficient (Wildman–Crippen LogP) is 3.44. The highest BCUT2D eigenvalue weighted by atomic mass is 32.2. The van der Waals surface area contributed by atoms with E-state index < -0.39 is 0 Å². The van der Waals surface area contributed by atoms with Crippen molar-refractivity contribution in [3.05, 3.63) is 16.6 Å². The average Bonchev–Trinajstić information content (AvgIpc) is 2.78. The van der Waals surface area contributed by atoms with Crippen LogP contribution in [0.4, 0.5) is 0 Å². The molecule has 0 aliphatic carbocycles. The number of nitrogens with zero attached hydrogens (tertiary/aromatic N) is 1. The van der Waals surface area contributed by atoms with Gasteiger partial charge in [-0.05, 0) is 31.1 Å². The van der Waals surface area contributed by atoms with Crippen LogP contribution in [0.2, 0.25) is 0 Å². The first-order chi connectivity index (χ1) is 8.22. The Bertz CT molecular complexity index is 273. The molecule has 4 heteroatoms. The Hall–Kier alpha value is -0.0600. The fraction of sp³-hybridized carbons (Fsp3) is 0.769. The molecule has 1 aromatic rings. The molecule has 1 rings (SSSR count). The van der Waals surface area contributed by atoms with Gasteiger partial charge in [0.05, 0.1) is 5.51 Å². The molecule has 1 unspecified atom stereocenters. The van der Waals surface area contributed by atoms with Crippen LogP contribution in [-0.2, 0) is 6.42 Å². The quantitative estimate of drug-likeness (QED) is 0.745. The van der Waals surface area contributed by atoms with Crippen LogP contribution in [0, 0.1) is 5.92 Å². The van der Waals surface area contributed by atoms with Gasteiger partial charge in [-0.3, -0.25) is 4.98 Å². The Morgan fingerprint density at radius 2 is 2.24 bits per heavy atom. The summed E-state index contributed by atoms with van der Waals surface area (Å²) in [6.45, 7) is 7.90. The maximum atomic E-state index is 4.15. The number of aromatic nitrogens is 1. The van der Waals surface area contributed by atoms with E-state index in [1.54, 1.807) is 11.3 Å². The van der Waals surface area contributed by atoms with Crippen LogP contribution in [0.15, 0.2) is 11.7 Å². The lowest BCUT2D eigenvalue weighted by molar-refractivity contribution is 0.552. The normalized spacial score (nSPS) is 13.2. The monoisotopic (exact) mass is 272 g/mol. The van der Waals surface area contributed by atoms with E-state index in [0.29, 0.717) is 6.04 Å². The zero-order chi connectivity index (χ0) is 12.5. The highest BCUT2D eigenvalue weighted by Gasteiger charge is 2.10. The highest BCUT2D eigenvalue weighted by molar-refractivity contribution is 7.99. The highest BCUT2D eigenvalue weighted by Crippen LogP contribution is 2.14. The van der Waals surface area contributed by atoms with E-state index in [1.807, 2.05) is 11.7 Å². The Morgan fingerprint density at radius 1 is 1.41 bits per heavy atom. The maximum absolute atomic E-state index is 4.15. The standard InChI is InChI=1S/C13H24N2S2/c1-4-5-15-12(9-16-8-11(2)3)6-13-7-14-10-17-13/h7,10-12,15H,4-6,8-9H2,1-3H3. The predicted molar refractivity (Wildman–Crippen MR) is 80.1 cm³/mol. The third kappa shape index (κ3) is 7.06. The molecule has 0 saturated carbocycles. The van der Waals surface area contributed by atoms with Crippen LogP contribution >= 0.6 is 23.1 Å². The van der Waals surface area contributed by atoms with Gasteiger partial charge in [0.2, 0.25) is 0 Å². The van der Waals surface area contributed by atoms with Crippen molar-refractivity contribution in [3.8, 4) is 0 Å². The van der Waals surface area contributed by atoms with Gasteiger partial charge in [-0.1, -0.05) is 20.8 Å². The maximum Gasteiger partial charge on any atom is 0.0794 e. The van der Waals surface area contributed by atoms with Crippen LogP contribution < -0.4 is 5.32 Å². The van der Waals surface area contributed by atoms with E-state index in [4.69, 9.17) is 0 Å². The molecule has 0 aromatic carbocycles. The molecule has 0 amide bonds. The molecule has 1 N–H and O–H groups in total. The summed E-state index contributed by atoms with van der Waals surface area (Å²) in [5.74, 6) is 3.25. The molecule has 0 aliphatic rings. The first kappa shape index (κ1) is 15.0. The fourth-order valence-electron chi connectivity index (χ4n) is 1.57. The second kappa shape index (κ2) is 8.95. The molecule has 17 heavy (non-hydrogen) atoms. The number of thioether (sulfide) groups is 1. The lowest BCUT2D eigenvalue weighted by Crippen LogP contribution is -2.34. The Morgan fingerprint density at radius 3 is 2.82 bits per heavy atom. The van der Waals surface area contributed by atoms with Gasteiger partial charge < -0.3 is 5.32 Å². The van der Waals surface area contributed by atoms with Gasteiger partial charge in [0.1, 0.15) is 0 Å². The SMILES string of the molecule is CCCNC(CSCC(C)C)Cc1cncs1. The molecule has 1 aromatic heterocycles. The smallest absolute Gasteiger partial charge is 0.0794 e. The van der Waals surface area contributed by atoms with Gasteiger partial charge >= 0.3 is 0 Å². The van der Waals surface area contributed by atoms with Gasteiger partial charge in [-0.15, -0.1) is 11.3 Å². The second-order valence-corrected chi connectivity index (χ2v) is 6.80. The van der Waals surface area contributed by atoms with Gasteiger partial charge in [0.25, 0.3) is 0 Å². The number of rotatable bonds is 9. The van der Waals surface area contributed by atoms with E-state index in [9.17, 15) is 0 Å². The number of hydrogen-bond acceptors (Lipinski definition) is 4. The van der Waals surface area contributed by atoms with Crippen LogP contribution in [0.5, 0.6) is 0 Å². The van der Waals surface area contributed by atoms with Crippen molar-refractivity contribution in [2.45, 2.75) is 39.7 Å². The molecular weight excluding hydrogens is 248 g/mol. The molecular formula is C13H24N2S2. The summed E-state index contributed by atoms with van der Waals surface area (Å²) in [7, 11) is 0. The molecule has 98 valence electrons. The molecule has 0 bridgehead atoms. The third-order valence-electron chi connectivity index (χ3n) is 2.38. The minimum Gasteiger partial charge on any atom is -0.313 e. The first-order valence-electron chi connectivity index (χ1n) is 6.40. The zero-order valence-electron chi connectivity index (χ0n) is 11.1. The molecule has 1 heterocycles. The van der Waals surface area contributed by atoms with Crippen molar-refractivity contribution in [1.82, 2.24) is 10.3 Å². The second-order valence-electron chi connectivity index (χ2n) is 4.75. The van der Waals surface area contributed by atoms with Crippen LogP contribution in [-0.4, -0.2) is 29.1 Å². The Kier molecular flexibility index (Phi) is 7.90. The Balaban J connectivity index is 2.31. The van der Waals surface area contributed by atoms with Crippen molar-refractivity contribution in [3.63, 3.8) is 0 Å². The lowest BCUT2D eigenvalue weighted by Gasteiger charge is -2.17. The van der Waals surface area contributed by atoms with Crippen LogP contribution in [0.3, 0.4) is 0 Å². The molecule has 0 aliphatic heterocycles. The van der Waals surface area contributed by atoms with E-state index in [1.165, 1.54) is 22.8 Å². The summed E-state index contributed by atoms with van der Waals surface area (Å²) in [6.07, 6.45) is 4.32. The molecule has 0 saturated heterocycles. The van der Waals surface area contributed by atoms with Gasteiger partial charge in [-0.25, -0.2) is 0 Å². The van der Waals surface area contributed by atoms with Crippen molar-refractivity contribution in [2.24, 2.45) is 5.92 Å². The molecule has 1 atom stereocenters. The van der Waals surface area contributed by atoms with E-state index in [-0.39, 0.29) is 0 Å². The molecule has 0 fully saturated rings. The van der Waals surface area contributed by atoms with Crippen molar-refractivity contribution in [2.75, 3.05) is 18.1 Å². The summed E-state index contributed by atoms with van der Waals surface area (Å²) in [4.78, 5) is 5.54. The van der Waals surface area contributed by atoms with Gasteiger partial charge in [0, 0.05) is 22.9 Å². The summed E-state index contributed by atoms with van der Waals surface area (Å²) in [6, 6.07) is 0.596. The third-order valence-corrected chi connectivity index (χ3v) is 4.73. The summed E-state index contributed by atoms with van der Waals surface area (Å²) in [5, 5.41) is 3.64. The largest absolute Gasteiger partial charge is 0.313 e. The first-order valence-corrected chi connectivity index (χ1v) is 8.44. The summed E-state index contributed by atoms with van der Waals surface area (Å²) in [5.41, 5.74) is 1.92. The fourth-order valence-corrected chi connectivity index (χ4v) is 3.37. The van der Waals surface area contributed by atoms with Gasteiger partial charge in [-0.2, -0.15) is 11.8 Å². The minimum absolute atomic E-state index is 0.596. The van der Waals surface area contributed by atoms with E-state index in [0.717, 1.165) is 18.9 Å². The van der Waals surface area contributed by atoms with Gasteiger partial charge in [0.15, 0.2) is 0 Å². The zero-order valence-corrected chi connectivity index (χ0v) is 12.7. The summed E-state index contributed by atoms with van der Waals surface area (Å²) < 4.78 is 0. The average molecular weight is 272 g/mol. The van der Waals surface area contributed by atoms with E-state index in [2.05, 4.69) is 42.8 Å². The van der Waals surface area contributed by atoms with Crippen LogP contribution in [0.25, 0.3) is 0 Å². The van der Waals surface area contributed by atoms with Crippen LogP contribution in [0.1, 0.15) is 32.1 Å². The molecule has 0 radical (unpaired) electrons. The Labute approximate surface area is 114 Å². The molecule has 0 spiro atoms. The van der Waals surface area contributed by atoms with Crippen molar-refractivity contribution in [1.29, 1.82) is 0 Å².